The van der Waals surface area contributed by atoms with Crippen LogP contribution in [0.3, 0.4) is 0 Å². The molecule has 0 saturated carbocycles. The standard InChI is InChI=1S/C20H19F/c1-12-15-8-5-6-9-16(15)13(2)20-18(21)11-14-7-3-4-10-17(14)19(12)20/h5-6,8-9,11H,3-4,7,10H2,1-2H3. The van der Waals surface area contributed by atoms with E-state index in [0.717, 1.165) is 23.8 Å². The lowest BCUT2D eigenvalue weighted by atomic mass is 9.83. The van der Waals surface area contributed by atoms with Crippen LogP contribution in [0.25, 0.3) is 21.5 Å². The van der Waals surface area contributed by atoms with Crippen molar-refractivity contribution in [3.8, 4) is 0 Å². The summed E-state index contributed by atoms with van der Waals surface area (Å²) in [6, 6.07) is 10.2. The lowest BCUT2D eigenvalue weighted by Crippen LogP contribution is -2.06. The van der Waals surface area contributed by atoms with E-state index in [1.165, 1.54) is 45.7 Å². The van der Waals surface area contributed by atoms with E-state index in [-0.39, 0.29) is 5.82 Å². The van der Waals surface area contributed by atoms with Crippen molar-refractivity contribution in [1.29, 1.82) is 0 Å². The van der Waals surface area contributed by atoms with Crippen LogP contribution in [0.15, 0.2) is 30.3 Å². The van der Waals surface area contributed by atoms with E-state index in [0.29, 0.717) is 0 Å². The third-order valence-electron chi connectivity index (χ3n) is 5.09. The molecule has 0 saturated heterocycles. The van der Waals surface area contributed by atoms with Gasteiger partial charge >= 0.3 is 0 Å². The zero-order valence-electron chi connectivity index (χ0n) is 12.6. The summed E-state index contributed by atoms with van der Waals surface area (Å²) < 4.78 is 14.7. The zero-order valence-corrected chi connectivity index (χ0v) is 12.6. The van der Waals surface area contributed by atoms with E-state index < -0.39 is 0 Å². The number of aryl methyl sites for hydroxylation is 4. The Bertz CT molecular complexity index is 874. The molecule has 0 bridgehead atoms. The molecular weight excluding hydrogens is 259 g/mol. The molecule has 0 nitrogen and oxygen atoms in total. The Morgan fingerprint density at radius 1 is 0.857 bits per heavy atom. The van der Waals surface area contributed by atoms with Crippen molar-refractivity contribution < 1.29 is 4.39 Å². The molecular formula is C20H19F. The molecule has 3 aromatic rings. The maximum atomic E-state index is 14.7. The topological polar surface area (TPSA) is 0 Å². The molecule has 0 amide bonds. The normalized spacial score (nSPS) is 14.6. The predicted molar refractivity (Wildman–Crippen MR) is 87.5 cm³/mol. The fraction of sp³-hybridized carbons (Fsp3) is 0.300. The van der Waals surface area contributed by atoms with Gasteiger partial charge in [-0.05, 0) is 84.0 Å². The molecule has 0 fully saturated rings. The van der Waals surface area contributed by atoms with E-state index in [1.54, 1.807) is 6.07 Å². The Morgan fingerprint density at radius 3 is 2.19 bits per heavy atom. The summed E-state index contributed by atoms with van der Waals surface area (Å²) in [7, 11) is 0. The highest BCUT2D eigenvalue weighted by molar-refractivity contribution is 6.07. The molecule has 3 aromatic carbocycles. The first-order chi connectivity index (χ1) is 10.2. The number of rotatable bonds is 0. The quantitative estimate of drug-likeness (QED) is 0.468. The Balaban J connectivity index is 2.28. The molecule has 0 spiro atoms. The molecule has 0 aliphatic heterocycles. The Hall–Kier alpha value is -1.89. The number of halogens is 1. The SMILES string of the molecule is Cc1c2ccccc2c(C)c2c3c(cc(F)c12)CCCC3. The molecule has 4 rings (SSSR count). The third kappa shape index (κ3) is 1.73. The number of benzene rings is 3. The maximum absolute atomic E-state index is 14.7. The maximum Gasteiger partial charge on any atom is 0.131 e. The molecule has 0 unspecified atom stereocenters. The van der Waals surface area contributed by atoms with Crippen LogP contribution >= 0.6 is 0 Å². The van der Waals surface area contributed by atoms with Crippen LogP contribution in [0.2, 0.25) is 0 Å². The molecule has 1 aliphatic carbocycles. The summed E-state index contributed by atoms with van der Waals surface area (Å²) in [4.78, 5) is 0. The van der Waals surface area contributed by atoms with E-state index in [1.807, 2.05) is 6.07 Å². The second-order valence-electron chi connectivity index (χ2n) is 6.25. The van der Waals surface area contributed by atoms with Crippen molar-refractivity contribution in [1.82, 2.24) is 0 Å². The van der Waals surface area contributed by atoms with E-state index in [2.05, 4.69) is 32.0 Å². The number of hydrogen-bond donors (Lipinski definition) is 0. The first-order valence-electron chi connectivity index (χ1n) is 7.80. The summed E-state index contributed by atoms with van der Waals surface area (Å²) in [6.07, 6.45) is 4.51. The van der Waals surface area contributed by atoms with Crippen molar-refractivity contribution in [2.24, 2.45) is 0 Å². The summed E-state index contributed by atoms with van der Waals surface area (Å²) in [5.74, 6) is -0.0444. The smallest absolute Gasteiger partial charge is 0.131 e. The van der Waals surface area contributed by atoms with Crippen LogP contribution in [0, 0.1) is 19.7 Å². The highest BCUT2D eigenvalue weighted by Crippen LogP contribution is 2.39. The van der Waals surface area contributed by atoms with Crippen LogP contribution in [0.4, 0.5) is 4.39 Å². The van der Waals surface area contributed by atoms with Crippen LogP contribution in [-0.2, 0) is 12.8 Å². The fourth-order valence-corrected chi connectivity index (χ4v) is 4.06. The first kappa shape index (κ1) is 12.8. The molecule has 1 heteroatoms. The fourth-order valence-electron chi connectivity index (χ4n) is 4.06. The molecule has 0 radical (unpaired) electrons. The van der Waals surface area contributed by atoms with Gasteiger partial charge in [0.2, 0.25) is 0 Å². The number of fused-ring (bicyclic) bond motifs is 4. The lowest BCUT2D eigenvalue weighted by Gasteiger charge is -2.22. The second kappa shape index (κ2) is 4.56. The third-order valence-corrected chi connectivity index (χ3v) is 5.09. The van der Waals surface area contributed by atoms with Crippen LogP contribution < -0.4 is 0 Å². The van der Waals surface area contributed by atoms with Gasteiger partial charge in [0, 0.05) is 5.39 Å². The van der Waals surface area contributed by atoms with E-state index in [9.17, 15) is 4.39 Å². The Kier molecular flexibility index (Phi) is 2.78. The van der Waals surface area contributed by atoms with Crippen molar-refractivity contribution in [2.75, 3.05) is 0 Å². The highest BCUT2D eigenvalue weighted by Gasteiger charge is 2.20. The number of hydrogen-bond acceptors (Lipinski definition) is 0. The van der Waals surface area contributed by atoms with Gasteiger partial charge in [0.15, 0.2) is 0 Å². The molecule has 0 heterocycles. The van der Waals surface area contributed by atoms with Gasteiger partial charge in [-0.2, -0.15) is 0 Å². The van der Waals surface area contributed by atoms with Crippen LogP contribution in [-0.4, -0.2) is 0 Å². The zero-order chi connectivity index (χ0) is 14.6. The molecule has 1 aliphatic rings. The van der Waals surface area contributed by atoms with Gasteiger partial charge in [0.25, 0.3) is 0 Å². The Morgan fingerprint density at radius 2 is 1.48 bits per heavy atom. The van der Waals surface area contributed by atoms with E-state index in [4.69, 9.17) is 0 Å². The average molecular weight is 278 g/mol. The van der Waals surface area contributed by atoms with Gasteiger partial charge in [-0.15, -0.1) is 0 Å². The Labute approximate surface area is 124 Å². The lowest BCUT2D eigenvalue weighted by molar-refractivity contribution is 0.627. The second-order valence-corrected chi connectivity index (χ2v) is 6.25. The van der Waals surface area contributed by atoms with Crippen LogP contribution in [0.1, 0.15) is 35.1 Å². The molecule has 21 heavy (non-hydrogen) atoms. The van der Waals surface area contributed by atoms with Crippen LogP contribution in [0.5, 0.6) is 0 Å². The molecule has 0 aromatic heterocycles. The van der Waals surface area contributed by atoms with Crippen molar-refractivity contribution in [3.63, 3.8) is 0 Å². The summed E-state index contributed by atoms with van der Waals surface area (Å²) in [6.45, 7) is 4.21. The minimum Gasteiger partial charge on any atom is -0.206 e. The first-order valence-corrected chi connectivity index (χ1v) is 7.80. The predicted octanol–water partition coefficient (Wildman–Crippen LogP) is 5.63. The van der Waals surface area contributed by atoms with Gasteiger partial charge in [-0.3, -0.25) is 0 Å². The van der Waals surface area contributed by atoms with Crippen molar-refractivity contribution in [2.45, 2.75) is 39.5 Å². The molecule has 0 N–H and O–H groups in total. The average Bonchev–Trinajstić information content (AvgIpc) is 2.51. The minimum absolute atomic E-state index is 0.0444. The van der Waals surface area contributed by atoms with Gasteiger partial charge in [0.1, 0.15) is 5.82 Å². The summed E-state index contributed by atoms with van der Waals surface area (Å²) in [5, 5.41) is 4.46. The van der Waals surface area contributed by atoms with Gasteiger partial charge in [-0.25, -0.2) is 4.39 Å². The van der Waals surface area contributed by atoms with Gasteiger partial charge in [-0.1, -0.05) is 24.3 Å². The van der Waals surface area contributed by atoms with E-state index >= 15 is 0 Å². The molecule has 0 atom stereocenters. The highest BCUT2D eigenvalue weighted by atomic mass is 19.1. The van der Waals surface area contributed by atoms with Crippen molar-refractivity contribution in [3.05, 3.63) is 58.4 Å². The summed E-state index contributed by atoms with van der Waals surface area (Å²) >= 11 is 0. The van der Waals surface area contributed by atoms with Gasteiger partial charge < -0.3 is 0 Å². The summed E-state index contributed by atoms with van der Waals surface area (Å²) in [5.41, 5.74) is 4.94. The van der Waals surface area contributed by atoms with Crippen molar-refractivity contribution >= 4 is 21.5 Å². The monoisotopic (exact) mass is 278 g/mol. The molecule has 106 valence electrons. The largest absolute Gasteiger partial charge is 0.206 e. The van der Waals surface area contributed by atoms with Gasteiger partial charge in [0.05, 0.1) is 0 Å². The minimum atomic E-state index is -0.0444.